The van der Waals surface area contributed by atoms with E-state index in [1.54, 1.807) is 19.2 Å². The zero-order valence-corrected chi connectivity index (χ0v) is 14.7. The molecule has 0 aliphatic rings. The second kappa shape index (κ2) is 7.17. The van der Waals surface area contributed by atoms with E-state index in [1.165, 1.54) is 23.5 Å². The highest BCUT2D eigenvalue weighted by molar-refractivity contribution is 7.89. The highest BCUT2D eigenvalue weighted by Crippen LogP contribution is 2.28. The molecular formula is C18H17NO3S2. The third kappa shape index (κ3) is 3.67. The van der Waals surface area contributed by atoms with E-state index in [0.717, 1.165) is 10.4 Å². The zero-order chi connectivity index (χ0) is 17.0. The quantitative estimate of drug-likeness (QED) is 0.728. The summed E-state index contributed by atoms with van der Waals surface area (Å²) >= 11 is 1.52. The average Bonchev–Trinajstić information content (AvgIpc) is 3.15. The number of thiophene rings is 1. The summed E-state index contributed by atoms with van der Waals surface area (Å²) in [6, 6.07) is 19.3. The third-order valence-corrected chi connectivity index (χ3v) is 5.98. The summed E-state index contributed by atoms with van der Waals surface area (Å²) in [6.45, 7) is 0. The smallest absolute Gasteiger partial charge is 0.241 e. The number of sulfonamides is 1. The Labute approximate surface area is 145 Å². The van der Waals surface area contributed by atoms with Crippen LogP contribution in [0.2, 0.25) is 0 Å². The Hall–Kier alpha value is -2.15. The largest absolute Gasteiger partial charge is 0.497 e. The first-order valence-corrected chi connectivity index (χ1v) is 9.71. The molecule has 6 heteroatoms. The maximum atomic E-state index is 12.8. The van der Waals surface area contributed by atoms with Crippen molar-refractivity contribution in [3.8, 4) is 5.75 Å². The predicted molar refractivity (Wildman–Crippen MR) is 95.9 cm³/mol. The average molecular weight is 359 g/mol. The summed E-state index contributed by atoms with van der Waals surface area (Å²) < 4.78 is 33.4. The van der Waals surface area contributed by atoms with Gasteiger partial charge in [0.25, 0.3) is 0 Å². The summed E-state index contributed by atoms with van der Waals surface area (Å²) in [6.07, 6.45) is 0. The zero-order valence-electron chi connectivity index (χ0n) is 13.0. The number of hydrogen-bond donors (Lipinski definition) is 1. The molecule has 1 heterocycles. The van der Waals surface area contributed by atoms with Gasteiger partial charge in [0.15, 0.2) is 0 Å². The Morgan fingerprint density at radius 2 is 1.67 bits per heavy atom. The van der Waals surface area contributed by atoms with Crippen molar-refractivity contribution in [3.63, 3.8) is 0 Å². The molecule has 0 fully saturated rings. The van der Waals surface area contributed by atoms with E-state index in [4.69, 9.17) is 4.74 Å². The van der Waals surface area contributed by atoms with Crippen LogP contribution in [-0.4, -0.2) is 15.5 Å². The van der Waals surface area contributed by atoms with Crippen molar-refractivity contribution in [1.29, 1.82) is 0 Å². The Bertz CT molecular complexity index is 874. The van der Waals surface area contributed by atoms with E-state index in [9.17, 15) is 8.42 Å². The fourth-order valence-electron chi connectivity index (χ4n) is 2.37. The number of benzene rings is 2. The fraction of sp³-hybridized carbons (Fsp3) is 0.111. The van der Waals surface area contributed by atoms with Gasteiger partial charge in [-0.1, -0.05) is 36.4 Å². The molecule has 1 aromatic heterocycles. The topological polar surface area (TPSA) is 55.4 Å². The maximum absolute atomic E-state index is 12.8. The number of methoxy groups -OCH3 is 1. The van der Waals surface area contributed by atoms with E-state index < -0.39 is 16.1 Å². The van der Waals surface area contributed by atoms with Gasteiger partial charge in [0.05, 0.1) is 18.0 Å². The van der Waals surface area contributed by atoms with E-state index in [-0.39, 0.29) is 4.90 Å². The van der Waals surface area contributed by atoms with Gasteiger partial charge in [0.1, 0.15) is 5.75 Å². The molecule has 0 saturated carbocycles. The van der Waals surface area contributed by atoms with Crippen LogP contribution in [0, 0.1) is 0 Å². The summed E-state index contributed by atoms with van der Waals surface area (Å²) in [5.74, 6) is 0.617. The van der Waals surface area contributed by atoms with E-state index >= 15 is 0 Å². The molecule has 1 unspecified atom stereocenters. The highest BCUT2D eigenvalue weighted by atomic mass is 32.2. The van der Waals surface area contributed by atoms with Crippen LogP contribution in [0.25, 0.3) is 0 Å². The summed E-state index contributed by atoms with van der Waals surface area (Å²) in [7, 11) is -2.11. The molecular weight excluding hydrogens is 342 g/mol. The molecule has 3 aromatic rings. The van der Waals surface area contributed by atoms with Gasteiger partial charge in [0.2, 0.25) is 10.0 Å². The van der Waals surface area contributed by atoms with E-state index in [1.807, 2.05) is 47.8 Å². The lowest BCUT2D eigenvalue weighted by molar-refractivity contribution is 0.414. The van der Waals surface area contributed by atoms with E-state index in [2.05, 4.69) is 4.72 Å². The molecule has 4 nitrogen and oxygen atoms in total. The van der Waals surface area contributed by atoms with Crippen molar-refractivity contribution in [2.24, 2.45) is 0 Å². The monoisotopic (exact) mass is 359 g/mol. The minimum Gasteiger partial charge on any atom is -0.497 e. The fourth-order valence-corrected chi connectivity index (χ4v) is 4.45. The number of hydrogen-bond acceptors (Lipinski definition) is 4. The molecule has 0 radical (unpaired) electrons. The van der Waals surface area contributed by atoms with E-state index in [0.29, 0.717) is 5.75 Å². The van der Waals surface area contributed by atoms with Crippen LogP contribution in [0.4, 0.5) is 0 Å². The van der Waals surface area contributed by atoms with Crippen LogP contribution in [0.15, 0.2) is 77.0 Å². The lowest BCUT2D eigenvalue weighted by Crippen LogP contribution is -2.29. The van der Waals surface area contributed by atoms with Gasteiger partial charge in [0, 0.05) is 4.88 Å². The van der Waals surface area contributed by atoms with Crippen LogP contribution in [-0.2, 0) is 10.0 Å². The van der Waals surface area contributed by atoms with Crippen molar-refractivity contribution in [2.75, 3.05) is 7.11 Å². The molecule has 2 aromatic carbocycles. The molecule has 1 N–H and O–H groups in total. The van der Waals surface area contributed by atoms with Crippen LogP contribution >= 0.6 is 11.3 Å². The first kappa shape index (κ1) is 16.7. The molecule has 3 rings (SSSR count). The molecule has 0 aliphatic carbocycles. The van der Waals surface area contributed by atoms with Crippen molar-refractivity contribution in [2.45, 2.75) is 10.9 Å². The first-order valence-electron chi connectivity index (χ1n) is 7.35. The summed E-state index contributed by atoms with van der Waals surface area (Å²) in [5, 5.41) is 1.94. The van der Waals surface area contributed by atoms with Crippen molar-refractivity contribution in [1.82, 2.24) is 4.72 Å². The summed E-state index contributed by atoms with van der Waals surface area (Å²) in [4.78, 5) is 1.15. The number of rotatable bonds is 6. The Morgan fingerprint density at radius 3 is 2.25 bits per heavy atom. The minimum absolute atomic E-state index is 0.209. The lowest BCUT2D eigenvalue weighted by atomic mass is 10.1. The van der Waals surface area contributed by atoms with Gasteiger partial charge in [-0.15, -0.1) is 11.3 Å². The molecule has 0 saturated heterocycles. The number of nitrogens with one attached hydrogen (secondary N) is 1. The van der Waals surface area contributed by atoms with Gasteiger partial charge >= 0.3 is 0 Å². The minimum atomic E-state index is -3.66. The lowest BCUT2D eigenvalue weighted by Gasteiger charge is -2.18. The molecule has 0 bridgehead atoms. The molecule has 124 valence electrons. The Balaban J connectivity index is 1.94. The predicted octanol–water partition coefficient (Wildman–Crippen LogP) is 3.82. The highest BCUT2D eigenvalue weighted by Gasteiger charge is 2.23. The van der Waals surface area contributed by atoms with Crippen LogP contribution < -0.4 is 9.46 Å². The van der Waals surface area contributed by atoms with Gasteiger partial charge in [-0.05, 0) is 41.3 Å². The van der Waals surface area contributed by atoms with Gasteiger partial charge in [-0.3, -0.25) is 0 Å². The maximum Gasteiger partial charge on any atom is 0.241 e. The van der Waals surface area contributed by atoms with Crippen LogP contribution in [0.5, 0.6) is 5.75 Å². The molecule has 0 amide bonds. The number of ether oxygens (including phenoxy) is 1. The van der Waals surface area contributed by atoms with Gasteiger partial charge in [-0.25, -0.2) is 8.42 Å². The third-order valence-electron chi connectivity index (χ3n) is 3.60. The normalized spacial score (nSPS) is 12.7. The Morgan fingerprint density at radius 1 is 0.958 bits per heavy atom. The second-order valence-electron chi connectivity index (χ2n) is 5.16. The summed E-state index contributed by atoms with van der Waals surface area (Å²) in [5.41, 5.74) is 0.900. The SMILES string of the molecule is COc1ccc(S(=O)(=O)NC(c2ccccc2)c2cccs2)cc1. The first-order chi connectivity index (χ1) is 11.6. The van der Waals surface area contributed by atoms with Gasteiger partial charge in [-0.2, -0.15) is 4.72 Å². The molecule has 0 aliphatic heterocycles. The van der Waals surface area contributed by atoms with Crippen molar-refractivity contribution < 1.29 is 13.2 Å². The van der Waals surface area contributed by atoms with Crippen molar-refractivity contribution in [3.05, 3.63) is 82.6 Å². The van der Waals surface area contributed by atoms with Gasteiger partial charge < -0.3 is 4.74 Å². The Kier molecular flexibility index (Phi) is 4.99. The molecule has 0 spiro atoms. The van der Waals surface area contributed by atoms with Crippen molar-refractivity contribution >= 4 is 21.4 Å². The second-order valence-corrected chi connectivity index (χ2v) is 7.85. The van der Waals surface area contributed by atoms with Crippen LogP contribution in [0.3, 0.4) is 0 Å². The standard InChI is InChI=1S/C18H17NO3S2/c1-22-15-9-11-16(12-10-15)24(20,21)19-18(17-8-5-13-23-17)14-6-3-2-4-7-14/h2-13,18-19H,1H3. The molecule has 24 heavy (non-hydrogen) atoms. The molecule has 1 atom stereocenters. The van der Waals surface area contributed by atoms with Crippen LogP contribution in [0.1, 0.15) is 16.5 Å².